The summed E-state index contributed by atoms with van der Waals surface area (Å²) in [6.07, 6.45) is 2.54. The number of rotatable bonds is 4. The Balaban J connectivity index is 1.91. The molecule has 1 aromatic heterocycles. The van der Waals surface area contributed by atoms with Crippen molar-refractivity contribution < 1.29 is 14.3 Å². The molecular formula is C14H15NO3. The third-order valence-electron chi connectivity index (χ3n) is 2.66. The zero-order chi connectivity index (χ0) is 13.0. The molecule has 0 atom stereocenters. The van der Waals surface area contributed by atoms with Gasteiger partial charge in [-0.05, 0) is 42.8 Å². The van der Waals surface area contributed by atoms with Gasteiger partial charge in [0.05, 0.1) is 6.26 Å². The van der Waals surface area contributed by atoms with Gasteiger partial charge in [-0.1, -0.05) is 0 Å². The molecule has 4 heteroatoms. The molecule has 4 nitrogen and oxygen atoms in total. The largest absolute Gasteiger partial charge is 0.508 e. The van der Waals surface area contributed by atoms with Crippen LogP contribution in [0.3, 0.4) is 0 Å². The SMILES string of the molecule is Cc1cc(O)ccc1NC(=O)CCc1ccco1. The summed E-state index contributed by atoms with van der Waals surface area (Å²) in [6.45, 7) is 1.84. The van der Waals surface area contributed by atoms with Crippen molar-refractivity contribution in [3.8, 4) is 5.75 Å². The number of anilines is 1. The fourth-order valence-electron chi connectivity index (χ4n) is 1.69. The number of carbonyl (C=O) groups is 1. The predicted octanol–water partition coefficient (Wildman–Crippen LogP) is 2.86. The maximum absolute atomic E-state index is 11.7. The van der Waals surface area contributed by atoms with E-state index >= 15 is 0 Å². The number of nitrogens with one attached hydrogen (secondary N) is 1. The number of aromatic hydroxyl groups is 1. The maximum atomic E-state index is 11.7. The van der Waals surface area contributed by atoms with Crippen LogP contribution in [0.1, 0.15) is 17.7 Å². The lowest BCUT2D eigenvalue weighted by Crippen LogP contribution is -2.12. The number of hydrogen-bond donors (Lipinski definition) is 2. The first kappa shape index (κ1) is 12.2. The molecule has 0 saturated heterocycles. The van der Waals surface area contributed by atoms with Crippen LogP contribution >= 0.6 is 0 Å². The minimum Gasteiger partial charge on any atom is -0.508 e. The Labute approximate surface area is 105 Å². The van der Waals surface area contributed by atoms with Crippen LogP contribution in [0.2, 0.25) is 0 Å². The Morgan fingerprint density at radius 1 is 1.39 bits per heavy atom. The zero-order valence-corrected chi connectivity index (χ0v) is 10.1. The Kier molecular flexibility index (Phi) is 3.67. The maximum Gasteiger partial charge on any atom is 0.224 e. The smallest absolute Gasteiger partial charge is 0.224 e. The molecule has 0 aliphatic carbocycles. The second-order valence-corrected chi connectivity index (χ2v) is 4.13. The first-order valence-corrected chi connectivity index (χ1v) is 5.77. The van der Waals surface area contributed by atoms with Crippen molar-refractivity contribution in [1.82, 2.24) is 0 Å². The van der Waals surface area contributed by atoms with Gasteiger partial charge in [-0.25, -0.2) is 0 Å². The van der Waals surface area contributed by atoms with E-state index in [-0.39, 0.29) is 11.7 Å². The lowest BCUT2D eigenvalue weighted by molar-refractivity contribution is -0.116. The quantitative estimate of drug-likeness (QED) is 0.814. The fourth-order valence-corrected chi connectivity index (χ4v) is 1.69. The van der Waals surface area contributed by atoms with Gasteiger partial charge in [0.25, 0.3) is 0 Å². The first-order valence-electron chi connectivity index (χ1n) is 5.77. The minimum absolute atomic E-state index is 0.0693. The predicted molar refractivity (Wildman–Crippen MR) is 68.5 cm³/mol. The molecule has 2 N–H and O–H groups in total. The van der Waals surface area contributed by atoms with Gasteiger partial charge in [0, 0.05) is 18.5 Å². The second-order valence-electron chi connectivity index (χ2n) is 4.13. The molecule has 18 heavy (non-hydrogen) atoms. The van der Waals surface area contributed by atoms with Crippen LogP contribution in [0.15, 0.2) is 41.0 Å². The van der Waals surface area contributed by atoms with E-state index in [0.29, 0.717) is 12.8 Å². The van der Waals surface area contributed by atoms with E-state index in [1.807, 2.05) is 13.0 Å². The van der Waals surface area contributed by atoms with Crippen LogP contribution in [0.25, 0.3) is 0 Å². The molecule has 0 fully saturated rings. The Morgan fingerprint density at radius 2 is 2.22 bits per heavy atom. The number of benzene rings is 1. The lowest BCUT2D eigenvalue weighted by atomic mass is 10.1. The van der Waals surface area contributed by atoms with Gasteiger partial charge >= 0.3 is 0 Å². The average Bonchev–Trinajstić information content (AvgIpc) is 2.83. The Morgan fingerprint density at radius 3 is 2.89 bits per heavy atom. The van der Waals surface area contributed by atoms with Crippen LogP contribution < -0.4 is 5.32 Å². The molecule has 1 aromatic carbocycles. The van der Waals surface area contributed by atoms with E-state index in [1.54, 1.807) is 30.5 Å². The van der Waals surface area contributed by atoms with Crippen molar-refractivity contribution in [2.45, 2.75) is 19.8 Å². The molecule has 0 unspecified atom stereocenters. The van der Waals surface area contributed by atoms with E-state index in [2.05, 4.69) is 5.32 Å². The highest BCUT2D eigenvalue weighted by molar-refractivity contribution is 5.91. The van der Waals surface area contributed by atoms with Crippen molar-refractivity contribution in [3.63, 3.8) is 0 Å². The van der Waals surface area contributed by atoms with Crippen LogP contribution in [0.5, 0.6) is 5.75 Å². The van der Waals surface area contributed by atoms with Gasteiger partial charge in [0.2, 0.25) is 5.91 Å². The molecule has 1 amide bonds. The normalized spacial score (nSPS) is 10.3. The molecule has 0 aliphatic rings. The van der Waals surface area contributed by atoms with Crippen molar-refractivity contribution in [2.75, 3.05) is 5.32 Å². The summed E-state index contributed by atoms with van der Waals surface area (Å²) < 4.78 is 5.16. The van der Waals surface area contributed by atoms with Gasteiger partial charge in [-0.15, -0.1) is 0 Å². The molecule has 0 saturated carbocycles. The number of aryl methyl sites for hydroxylation is 2. The molecule has 2 rings (SSSR count). The van der Waals surface area contributed by atoms with Crippen LogP contribution in [0, 0.1) is 6.92 Å². The van der Waals surface area contributed by atoms with E-state index in [1.165, 1.54) is 0 Å². The molecule has 94 valence electrons. The van der Waals surface area contributed by atoms with Gasteiger partial charge in [-0.3, -0.25) is 4.79 Å². The highest BCUT2D eigenvalue weighted by Crippen LogP contribution is 2.20. The molecule has 0 bridgehead atoms. The van der Waals surface area contributed by atoms with Gasteiger partial charge in [-0.2, -0.15) is 0 Å². The summed E-state index contributed by atoms with van der Waals surface area (Å²) in [6, 6.07) is 8.50. The monoisotopic (exact) mass is 245 g/mol. The highest BCUT2D eigenvalue weighted by atomic mass is 16.3. The highest BCUT2D eigenvalue weighted by Gasteiger charge is 2.06. The molecule has 0 radical (unpaired) electrons. The van der Waals surface area contributed by atoms with Gasteiger partial charge in [0.15, 0.2) is 0 Å². The standard InChI is InChI=1S/C14H15NO3/c1-10-9-11(16)4-6-13(10)15-14(17)7-5-12-3-2-8-18-12/h2-4,6,8-9,16H,5,7H2,1H3,(H,15,17). The van der Waals surface area contributed by atoms with Crippen LogP contribution in [0.4, 0.5) is 5.69 Å². The lowest BCUT2D eigenvalue weighted by Gasteiger charge is -2.08. The van der Waals surface area contributed by atoms with E-state index in [0.717, 1.165) is 17.0 Å². The summed E-state index contributed by atoms with van der Waals surface area (Å²) in [4.78, 5) is 11.7. The summed E-state index contributed by atoms with van der Waals surface area (Å²) in [5, 5.41) is 12.1. The number of phenolic OH excluding ortho intramolecular Hbond substituents is 1. The number of furan rings is 1. The zero-order valence-electron chi connectivity index (χ0n) is 10.1. The van der Waals surface area contributed by atoms with Crippen molar-refractivity contribution in [1.29, 1.82) is 0 Å². The van der Waals surface area contributed by atoms with Gasteiger partial charge in [0.1, 0.15) is 11.5 Å². The van der Waals surface area contributed by atoms with E-state index in [9.17, 15) is 9.90 Å². The second kappa shape index (κ2) is 5.40. The number of phenols is 1. The Hall–Kier alpha value is -2.23. The van der Waals surface area contributed by atoms with Crippen molar-refractivity contribution in [2.24, 2.45) is 0 Å². The molecule has 2 aromatic rings. The van der Waals surface area contributed by atoms with Crippen molar-refractivity contribution in [3.05, 3.63) is 47.9 Å². The van der Waals surface area contributed by atoms with E-state index in [4.69, 9.17) is 4.42 Å². The average molecular weight is 245 g/mol. The third-order valence-corrected chi connectivity index (χ3v) is 2.66. The van der Waals surface area contributed by atoms with E-state index < -0.39 is 0 Å². The fraction of sp³-hybridized carbons (Fsp3) is 0.214. The molecule has 0 spiro atoms. The number of amides is 1. The molecule has 0 aliphatic heterocycles. The summed E-state index contributed by atoms with van der Waals surface area (Å²) in [5.74, 6) is 0.925. The van der Waals surface area contributed by atoms with Gasteiger partial charge < -0.3 is 14.8 Å². The minimum atomic E-state index is -0.0693. The summed E-state index contributed by atoms with van der Waals surface area (Å²) in [7, 11) is 0. The molecule has 1 heterocycles. The molecular weight excluding hydrogens is 230 g/mol. The topological polar surface area (TPSA) is 62.5 Å². The third kappa shape index (κ3) is 3.13. The van der Waals surface area contributed by atoms with Crippen LogP contribution in [-0.4, -0.2) is 11.0 Å². The first-order chi connectivity index (χ1) is 8.65. The summed E-state index contributed by atoms with van der Waals surface area (Å²) >= 11 is 0. The Bertz CT molecular complexity index is 532. The van der Waals surface area contributed by atoms with Crippen LogP contribution in [-0.2, 0) is 11.2 Å². The summed E-state index contributed by atoms with van der Waals surface area (Å²) in [5.41, 5.74) is 1.55. The van der Waals surface area contributed by atoms with Crippen molar-refractivity contribution >= 4 is 11.6 Å². The number of hydrogen-bond acceptors (Lipinski definition) is 3. The number of carbonyl (C=O) groups excluding carboxylic acids is 1.